The quantitative estimate of drug-likeness (QED) is 0.781. The maximum atomic E-state index is 12.1. The van der Waals surface area contributed by atoms with Crippen LogP contribution in [0, 0.1) is 5.92 Å². The van der Waals surface area contributed by atoms with Crippen molar-refractivity contribution in [1.82, 2.24) is 9.47 Å². The summed E-state index contributed by atoms with van der Waals surface area (Å²) in [6, 6.07) is 1.81. The molecule has 1 aliphatic rings. The predicted molar refractivity (Wildman–Crippen MR) is 74.0 cm³/mol. The molecule has 0 radical (unpaired) electrons. The van der Waals surface area contributed by atoms with E-state index in [2.05, 4.69) is 6.92 Å². The highest BCUT2D eigenvalue weighted by molar-refractivity contribution is 5.99. The van der Waals surface area contributed by atoms with Crippen molar-refractivity contribution in [2.24, 2.45) is 13.0 Å². The van der Waals surface area contributed by atoms with Crippen molar-refractivity contribution >= 4 is 11.7 Å². The summed E-state index contributed by atoms with van der Waals surface area (Å²) in [6.45, 7) is 3.11. The first-order valence-electron chi connectivity index (χ1n) is 7.03. The molecule has 0 aliphatic carbocycles. The number of hydrogen-bond acceptors (Lipinski definition) is 2. The van der Waals surface area contributed by atoms with E-state index in [4.69, 9.17) is 0 Å². The number of aryl methyl sites for hydroxylation is 1. The first-order valence-corrected chi connectivity index (χ1v) is 7.03. The van der Waals surface area contributed by atoms with Gasteiger partial charge in [0.05, 0.1) is 6.54 Å². The molecule has 1 fully saturated rings. The minimum absolute atomic E-state index is 0.0314. The number of nitrogens with zero attached hydrogens (tertiary/aromatic N) is 2. The number of ketones is 1. The van der Waals surface area contributed by atoms with Crippen molar-refractivity contribution in [1.29, 1.82) is 0 Å². The van der Waals surface area contributed by atoms with E-state index in [0.29, 0.717) is 17.9 Å². The van der Waals surface area contributed by atoms with Gasteiger partial charge in [-0.05, 0) is 24.8 Å². The second kappa shape index (κ2) is 6.04. The zero-order valence-corrected chi connectivity index (χ0v) is 11.8. The lowest BCUT2D eigenvalue weighted by molar-refractivity contribution is -0.130. The lowest BCUT2D eigenvalue weighted by atomic mass is 9.98. The van der Waals surface area contributed by atoms with Crippen LogP contribution in [0.2, 0.25) is 0 Å². The van der Waals surface area contributed by atoms with Crippen LogP contribution in [0.4, 0.5) is 0 Å². The molecular formula is C15H22N2O2. The number of aromatic nitrogens is 1. The Kier molecular flexibility index (Phi) is 4.40. The molecule has 19 heavy (non-hydrogen) atoms. The van der Waals surface area contributed by atoms with E-state index in [1.54, 1.807) is 17.2 Å². The topological polar surface area (TPSA) is 42.3 Å². The molecule has 2 heterocycles. The Balaban J connectivity index is 1.97. The molecule has 1 aliphatic heterocycles. The monoisotopic (exact) mass is 262 g/mol. The van der Waals surface area contributed by atoms with E-state index in [-0.39, 0.29) is 18.2 Å². The lowest BCUT2D eigenvalue weighted by Crippen LogP contribution is -2.35. The lowest BCUT2D eigenvalue weighted by Gasteiger charge is -2.19. The summed E-state index contributed by atoms with van der Waals surface area (Å²) in [5, 5.41) is 0. The van der Waals surface area contributed by atoms with Gasteiger partial charge in [-0.1, -0.05) is 13.3 Å². The van der Waals surface area contributed by atoms with Crippen LogP contribution in [-0.2, 0) is 11.8 Å². The molecule has 0 N–H and O–H groups in total. The van der Waals surface area contributed by atoms with E-state index < -0.39 is 0 Å². The van der Waals surface area contributed by atoms with Crippen molar-refractivity contribution in [3.05, 3.63) is 24.0 Å². The number of carbonyl (C=O) groups is 2. The van der Waals surface area contributed by atoms with Crippen LogP contribution in [0.5, 0.6) is 0 Å². The van der Waals surface area contributed by atoms with Gasteiger partial charge in [-0.15, -0.1) is 0 Å². The van der Waals surface area contributed by atoms with Crippen LogP contribution < -0.4 is 0 Å². The largest absolute Gasteiger partial charge is 0.357 e. The van der Waals surface area contributed by atoms with E-state index in [1.807, 2.05) is 17.8 Å². The number of likely N-dealkylation sites (tertiary alicyclic amines) is 1. The van der Waals surface area contributed by atoms with Crippen LogP contribution in [-0.4, -0.2) is 34.2 Å². The first kappa shape index (κ1) is 13.8. The maximum absolute atomic E-state index is 12.1. The second-order valence-electron chi connectivity index (χ2n) is 5.41. The second-order valence-corrected chi connectivity index (χ2v) is 5.41. The highest BCUT2D eigenvalue weighted by Crippen LogP contribution is 2.21. The summed E-state index contributed by atoms with van der Waals surface area (Å²) in [7, 11) is 1.89. The Morgan fingerprint density at radius 1 is 1.42 bits per heavy atom. The fraction of sp³-hybridized carbons (Fsp3) is 0.600. The zero-order chi connectivity index (χ0) is 13.8. The predicted octanol–water partition coefficient (Wildman–Crippen LogP) is 2.25. The first-order chi connectivity index (χ1) is 9.10. The van der Waals surface area contributed by atoms with Gasteiger partial charge in [0, 0.05) is 38.0 Å². The molecule has 4 nitrogen and oxygen atoms in total. The minimum Gasteiger partial charge on any atom is -0.357 e. The molecular weight excluding hydrogens is 240 g/mol. The van der Waals surface area contributed by atoms with Gasteiger partial charge in [0.1, 0.15) is 0 Å². The van der Waals surface area contributed by atoms with Crippen LogP contribution in [0.15, 0.2) is 18.5 Å². The SMILES string of the molecule is CCC1CCC(=O)N(CC(=O)c2ccn(C)c2)CC1. The fourth-order valence-corrected chi connectivity index (χ4v) is 2.60. The molecule has 1 aromatic rings. The number of amides is 1. The molecule has 0 saturated carbocycles. The van der Waals surface area contributed by atoms with E-state index >= 15 is 0 Å². The smallest absolute Gasteiger partial charge is 0.222 e. The fourth-order valence-electron chi connectivity index (χ4n) is 2.60. The summed E-state index contributed by atoms with van der Waals surface area (Å²) < 4.78 is 1.85. The third kappa shape index (κ3) is 3.46. The van der Waals surface area contributed by atoms with Crippen molar-refractivity contribution < 1.29 is 9.59 Å². The van der Waals surface area contributed by atoms with Gasteiger partial charge in [0.2, 0.25) is 5.91 Å². The normalized spacial score (nSPS) is 20.4. The van der Waals surface area contributed by atoms with Crippen molar-refractivity contribution in [2.45, 2.75) is 32.6 Å². The molecule has 0 aromatic carbocycles. The highest BCUT2D eigenvalue weighted by Gasteiger charge is 2.23. The van der Waals surface area contributed by atoms with Gasteiger partial charge < -0.3 is 9.47 Å². The van der Waals surface area contributed by atoms with Crippen LogP contribution in [0.25, 0.3) is 0 Å². The van der Waals surface area contributed by atoms with Crippen LogP contribution in [0.3, 0.4) is 0 Å². The Bertz CT molecular complexity index is 464. The van der Waals surface area contributed by atoms with Crippen LogP contribution in [0.1, 0.15) is 43.0 Å². The molecule has 104 valence electrons. The third-order valence-electron chi connectivity index (χ3n) is 3.99. The molecule has 4 heteroatoms. The Morgan fingerprint density at radius 2 is 2.21 bits per heavy atom. The van der Waals surface area contributed by atoms with Crippen LogP contribution >= 0.6 is 0 Å². The third-order valence-corrected chi connectivity index (χ3v) is 3.99. The zero-order valence-electron chi connectivity index (χ0n) is 11.8. The molecule has 2 rings (SSSR count). The Labute approximate surface area is 114 Å². The summed E-state index contributed by atoms with van der Waals surface area (Å²) in [5.74, 6) is 0.782. The number of hydrogen-bond donors (Lipinski definition) is 0. The molecule has 1 atom stereocenters. The van der Waals surface area contributed by atoms with Crippen molar-refractivity contribution in [3.63, 3.8) is 0 Å². The Hall–Kier alpha value is -1.58. The molecule has 0 bridgehead atoms. The number of Topliss-reactive ketones (excluding diaryl/α,β-unsaturated/α-hetero) is 1. The van der Waals surface area contributed by atoms with Crippen molar-refractivity contribution in [3.8, 4) is 0 Å². The van der Waals surface area contributed by atoms with E-state index in [0.717, 1.165) is 25.8 Å². The van der Waals surface area contributed by atoms with Gasteiger partial charge in [0.15, 0.2) is 5.78 Å². The summed E-state index contributed by atoms with van der Waals surface area (Å²) >= 11 is 0. The average molecular weight is 262 g/mol. The Morgan fingerprint density at radius 3 is 2.84 bits per heavy atom. The van der Waals surface area contributed by atoms with E-state index in [1.165, 1.54) is 0 Å². The standard InChI is InChI=1S/C15H22N2O2/c1-3-12-4-5-15(19)17(9-6-12)11-14(18)13-7-8-16(2)10-13/h7-8,10,12H,3-6,9,11H2,1-2H3. The molecule has 0 spiro atoms. The minimum atomic E-state index is 0.0314. The molecule has 1 unspecified atom stereocenters. The molecule has 1 amide bonds. The van der Waals surface area contributed by atoms with Gasteiger partial charge in [0.25, 0.3) is 0 Å². The highest BCUT2D eigenvalue weighted by atomic mass is 16.2. The van der Waals surface area contributed by atoms with Gasteiger partial charge in [-0.3, -0.25) is 9.59 Å². The average Bonchev–Trinajstić information content (AvgIpc) is 2.75. The van der Waals surface area contributed by atoms with Gasteiger partial charge in [-0.2, -0.15) is 0 Å². The molecule has 1 saturated heterocycles. The summed E-state index contributed by atoms with van der Waals surface area (Å²) in [6.07, 6.45) is 7.34. The van der Waals surface area contributed by atoms with E-state index in [9.17, 15) is 9.59 Å². The number of rotatable bonds is 4. The summed E-state index contributed by atoms with van der Waals surface area (Å²) in [4.78, 5) is 25.9. The number of carbonyl (C=O) groups excluding carboxylic acids is 2. The van der Waals surface area contributed by atoms with Gasteiger partial charge >= 0.3 is 0 Å². The summed E-state index contributed by atoms with van der Waals surface area (Å²) in [5.41, 5.74) is 0.687. The maximum Gasteiger partial charge on any atom is 0.222 e. The van der Waals surface area contributed by atoms with Gasteiger partial charge in [-0.25, -0.2) is 0 Å². The molecule has 1 aromatic heterocycles. The van der Waals surface area contributed by atoms with Crippen molar-refractivity contribution in [2.75, 3.05) is 13.1 Å².